The first kappa shape index (κ1) is 10.5. The average molecular weight is 184 g/mol. The van der Waals surface area contributed by atoms with Crippen LogP contribution in [0.2, 0.25) is 0 Å². The fraction of sp³-hybridized carbons (Fsp3) is 0.900. The van der Waals surface area contributed by atoms with Gasteiger partial charge in [0, 0.05) is 19.6 Å². The SMILES string of the molecule is CCC(C)N(C)C(=O)C1(CN)CC1. The van der Waals surface area contributed by atoms with Crippen molar-refractivity contribution in [3.8, 4) is 0 Å². The molecule has 76 valence electrons. The first-order chi connectivity index (χ1) is 6.07. The molecule has 1 aliphatic rings. The maximum absolute atomic E-state index is 11.9. The Morgan fingerprint density at radius 2 is 2.15 bits per heavy atom. The highest BCUT2D eigenvalue weighted by atomic mass is 16.2. The Morgan fingerprint density at radius 1 is 1.62 bits per heavy atom. The first-order valence-corrected chi connectivity index (χ1v) is 5.04. The summed E-state index contributed by atoms with van der Waals surface area (Å²) in [6.07, 6.45) is 2.95. The van der Waals surface area contributed by atoms with Gasteiger partial charge in [0.05, 0.1) is 5.41 Å². The number of amides is 1. The van der Waals surface area contributed by atoms with Crippen LogP contribution in [0.3, 0.4) is 0 Å². The van der Waals surface area contributed by atoms with Gasteiger partial charge in [-0.15, -0.1) is 0 Å². The molecular weight excluding hydrogens is 164 g/mol. The number of carbonyl (C=O) groups is 1. The van der Waals surface area contributed by atoms with Crippen LogP contribution in [0, 0.1) is 5.41 Å². The molecule has 1 aliphatic carbocycles. The largest absolute Gasteiger partial charge is 0.343 e. The molecule has 1 unspecified atom stereocenters. The second-order valence-corrected chi connectivity index (χ2v) is 4.16. The average Bonchev–Trinajstić information content (AvgIpc) is 2.95. The Bertz CT molecular complexity index is 199. The van der Waals surface area contributed by atoms with E-state index < -0.39 is 0 Å². The number of rotatable bonds is 4. The molecule has 2 N–H and O–H groups in total. The molecular formula is C10H20N2O. The van der Waals surface area contributed by atoms with Crippen LogP contribution in [-0.2, 0) is 4.79 Å². The molecule has 3 nitrogen and oxygen atoms in total. The third-order valence-electron chi connectivity index (χ3n) is 3.27. The number of hydrogen-bond acceptors (Lipinski definition) is 2. The zero-order valence-corrected chi connectivity index (χ0v) is 8.84. The number of nitrogens with zero attached hydrogens (tertiary/aromatic N) is 1. The van der Waals surface area contributed by atoms with Crippen molar-refractivity contribution in [1.82, 2.24) is 4.90 Å². The quantitative estimate of drug-likeness (QED) is 0.708. The summed E-state index contributed by atoms with van der Waals surface area (Å²) in [5.41, 5.74) is 5.42. The van der Waals surface area contributed by atoms with E-state index in [0.29, 0.717) is 12.6 Å². The van der Waals surface area contributed by atoms with Crippen molar-refractivity contribution < 1.29 is 4.79 Å². The van der Waals surface area contributed by atoms with Crippen molar-refractivity contribution in [1.29, 1.82) is 0 Å². The van der Waals surface area contributed by atoms with E-state index in [1.165, 1.54) is 0 Å². The van der Waals surface area contributed by atoms with Crippen LogP contribution in [0.5, 0.6) is 0 Å². The van der Waals surface area contributed by atoms with Crippen LogP contribution >= 0.6 is 0 Å². The normalized spacial score (nSPS) is 20.9. The van der Waals surface area contributed by atoms with Gasteiger partial charge in [-0.05, 0) is 26.2 Å². The summed E-state index contributed by atoms with van der Waals surface area (Å²) in [7, 11) is 1.88. The van der Waals surface area contributed by atoms with Gasteiger partial charge in [-0.1, -0.05) is 6.92 Å². The lowest BCUT2D eigenvalue weighted by Crippen LogP contribution is -2.42. The van der Waals surface area contributed by atoms with E-state index in [0.717, 1.165) is 19.3 Å². The van der Waals surface area contributed by atoms with Gasteiger partial charge in [-0.2, -0.15) is 0 Å². The topological polar surface area (TPSA) is 46.3 Å². The summed E-state index contributed by atoms with van der Waals surface area (Å²) in [5.74, 6) is 0.240. The second kappa shape index (κ2) is 3.66. The summed E-state index contributed by atoms with van der Waals surface area (Å²) in [4.78, 5) is 13.8. The molecule has 13 heavy (non-hydrogen) atoms. The van der Waals surface area contributed by atoms with E-state index in [2.05, 4.69) is 13.8 Å². The smallest absolute Gasteiger partial charge is 0.230 e. The molecule has 0 aromatic heterocycles. The zero-order valence-electron chi connectivity index (χ0n) is 8.84. The minimum absolute atomic E-state index is 0.182. The summed E-state index contributed by atoms with van der Waals surface area (Å²) in [6.45, 7) is 4.67. The third-order valence-corrected chi connectivity index (χ3v) is 3.27. The Kier molecular flexibility index (Phi) is 2.96. The van der Waals surface area contributed by atoms with Crippen molar-refractivity contribution in [3.63, 3.8) is 0 Å². The Balaban J connectivity index is 2.57. The van der Waals surface area contributed by atoms with Gasteiger partial charge in [0.15, 0.2) is 0 Å². The maximum atomic E-state index is 11.9. The van der Waals surface area contributed by atoms with E-state index in [-0.39, 0.29) is 11.3 Å². The molecule has 0 radical (unpaired) electrons. The van der Waals surface area contributed by atoms with Crippen LogP contribution in [0.15, 0.2) is 0 Å². The highest BCUT2D eigenvalue weighted by Crippen LogP contribution is 2.46. The fourth-order valence-corrected chi connectivity index (χ4v) is 1.50. The Labute approximate surface area is 80.3 Å². The molecule has 1 saturated carbocycles. The van der Waals surface area contributed by atoms with Gasteiger partial charge in [0.25, 0.3) is 0 Å². The van der Waals surface area contributed by atoms with Gasteiger partial charge in [-0.25, -0.2) is 0 Å². The van der Waals surface area contributed by atoms with E-state index in [4.69, 9.17) is 5.73 Å². The van der Waals surface area contributed by atoms with Crippen molar-refractivity contribution in [3.05, 3.63) is 0 Å². The lowest BCUT2D eigenvalue weighted by atomic mass is 10.0. The Morgan fingerprint density at radius 3 is 2.46 bits per heavy atom. The molecule has 0 spiro atoms. The van der Waals surface area contributed by atoms with E-state index in [1.54, 1.807) is 0 Å². The fourth-order valence-electron chi connectivity index (χ4n) is 1.50. The van der Waals surface area contributed by atoms with E-state index in [9.17, 15) is 4.79 Å². The molecule has 3 heteroatoms. The van der Waals surface area contributed by atoms with Crippen LogP contribution in [0.4, 0.5) is 0 Å². The lowest BCUT2D eigenvalue weighted by Gasteiger charge is -2.27. The van der Waals surface area contributed by atoms with Gasteiger partial charge in [0.1, 0.15) is 0 Å². The standard InChI is InChI=1S/C10H20N2O/c1-4-8(2)12(3)9(13)10(7-11)5-6-10/h8H,4-7,11H2,1-3H3. The molecule has 0 aromatic rings. The molecule has 1 atom stereocenters. The maximum Gasteiger partial charge on any atom is 0.230 e. The van der Waals surface area contributed by atoms with Gasteiger partial charge >= 0.3 is 0 Å². The zero-order chi connectivity index (χ0) is 10.1. The van der Waals surface area contributed by atoms with Crippen LogP contribution in [0.25, 0.3) is 0 Å². The molecule has 0 aromatic carbocycles. The molecule has 0 saturated heterocycles. The van der Waals surface area contributed by atoms with Crippen molar-refractivity contribution in [2.24, 2.45) is 11.1 Å². The Hall–Kier alpha value is -0.570. The minimum Gasteiger partial charge on any atom is -0.343 e. The predicted octanol–water partition coefficient (Wildman–Crippen LogP) is 0.982. The van der Waals surface area contributed by atoms with Crippen LogP contribution in [0.1, 0.15) is 33.1 Å². The highest BCUT2D eigenvalue weighted by Gasteiger charge is 2.50. The lowest BCUT2D eigenvalue weighted by molar-refractivity contribution is -0.137. The van der Waals surface area contributed by atoms with Crippen molar-refractivity contribution >= 4 is 5.91 Å². The predicted molar refractivity (Wildman–Crippen MR) is 53.2 cm³/mol. The van der Waals surface area contributed by atoms with E-state index >= 15 is 0 Å². The monoisotopic (exact) mass is 184 g/mol. The first-order valence-electron chi connectivity index (χ1n) is 5.04. The minimum atomic E-state index is -0.182. The molecule has 1 fully saturated rings. The summed E-state index contributed by atoms with van der Waals surface area (Å²) in [5, 5.41) is 0. The van der Waals surface area contributed by atoms with Crippen molar-refractivity contribution in [2.45, 2.75) is 39.2 Å². The number of carbonyl (C=O) groups excluding carboxylic acids is 1. The second-order valence-electron chi connectivity index (χ2n) is 4.16. The molecule has 0 aliphatic heterocycles. The van der Waals surface area contributed by atoms with Gasteiger partial charge in [-0.3, -0.25) is 4.79 Å². The molecule has 0 bridgehead atoms. The highest BCUT2D eigenvalue weighted by molar-refractivity contribution is 5.85. The van der Waals surface area contributed by atoms with Crippen LogP contribution < -0.4 is 5.73 Å². The number of nitrogens with two attached hydrogens (primary N) is 1. The van der Waals surface area contributed by atoms with Gasteiger partial charge in [0.2, 0.25) is 5.91 Å². The van der Waals surface area contributed by atoms with E-state index in [1.807, 2.05) is 11.9 Å². The third kappa shape index (κ3) is 1.85. The molecule has 1 rings (SSSR count). The summed E-state index contributed by atoms with van der Waals surface area (Å²) in [6, 6.07) is 0.330. The summed E-state index contributed by atoms with van der Waals surface area (Å²) < 4.78 is 0. The molecule has 1 amide bonds. The van der Waals surface area contributed by atoms with Crippen LogP contribution in [-0.4, -0.2) is 30.4 Å². The van der Waals surface area contributed by atoms with Gasteiger partial charge < -0.3 is 10.6 Å². The number of hydrogen-bond donors (Lipinski definition) is 1. The van der Waals surface area contributed by atoms with Crippen molar-refractivity contribution in [2.75, 3.05) is 13.6 Å². The molecule has 0 heterocycles. The summed E-state index contributed by atoms with van der Waals surface area (Å²) >= 11 is 0.